The van der Waals surface area contributed by atoms with Gasteiger partial charge in [0, 0.05) is 8.07 Å². The normalized spacial score (nSPS) is 13.5. The van der Waals surface area contributed by atoms with Crippen molar-refractivity contribution in [3.63, 3.8) is 0 Å². The molecule has 0 aliphatic heterocycles. The van der Waals surface area contributed by atoms with Crippen LogP contribution in [0.5, 0.6) is 0 Å². The predicted octanol–water partition coefficient (Wildman–Crippen LogP) is 3.27. The number of hydrogen-bond donors (Lipinski definition) is 1. The van der Waals surface area contributed by atoms with Gasteiger partial charge >= 0.3 is 0 Å². The van der Waals surface area contributed by atoms with E-state index in [-0.39, 0.29) is 5.60 Å². The molecular formula is C10H24OSi. The molecule has 0 radical (unpaired) electrons. The quantitative estimate of drug-likeness (QED) is 0.657. The fourth-order valence-electron chi connectivity index (χ4n) is 1.21. The van der Waals surface area contributed by atoms with Crippen molar-refractivity contribution in [3.05, 3.63) is 0 Å². The van der Waals surface area contributed by atoms with Crippen LogP contribution in [0, 0.1) is 0 Å². The van der Waals surface area contributed by atoms with Gasteiger partial charge in [-0.05, 0) is 19.3 Å². The highest BCUT2D eigenvalue weighted by Crippen LogP contribution is 2.25. The third-order valence-electron chi connectivity index (χ3n) is 2.66. The molecule has 1 N–H and O–H groups in total. The van der Waals surface area contributed by atoms with E-state index in [2.05, 4.69) is 33.5 Å². The Morgan fingerprint density at radius 1 is 1.08 bits per heavy atom. The van der Waals surface area contributed by atoms with Gasteiger partial charge in [0.2, 0.25) is 0 Å². The minimum Gasteiger partial charge on any atom is -0.390 e. The van der Waals surface area contributed by atoms with Crippen LogP contribution in [0.25, 0.3) is 0 Å². The Morgan fingerprint density at radius 3 is 1.75 bits per heavy atom. The second-order valence-electron chi connectivity index (χ2n) is 4.99. The van der Waals surface area contributed by atoms with Gasteiger partial charge in [0.25, 0.3) is 0 Å². The first-order valence-corrected chi connectivity index (χ1v) is 8.76. The van der Waals surface area contributed by atoms with Crippen LogP contribution in [0.1, 0.15) is 33.1 Å². The van der Waals surface area contributed by atoms with Crippen molar-refractivity contribution < 1.29 is 5.11 Å². The highest BCUT2D eigenvalue weighted by atomic mass is 28.3. The first-order valence-electron chi connectivity index (χ1n) is 5.05. The van der Waals surface area contributed by atoms with Gasteiger partial charge in [0.1, 0.15) is 0 Å². The molecule has 12 heavy (non-hydrogen) atoms. The lowest BCUT2D eigenvalue weighted by atomic mass is 9.95. The van der Waals surface area contributed by atoms with Gasteiger partial charge in [-0.3, -0.25) is 0 Å². The minimum absolute atomic E-state index is 0.375. The third kappa shape index (κ3) is 4.94. The summed E-state index contributed by atoms with van der Waals surface area (Å²) in [6.07, 6.45) is 2.79. The average molecular weight is 188 g/mol. The van der Waals surface area contributed by atoms with Crippen LogP contribution < -0.4 is 0 Å². The molecule has 0 unspecified atom stereocenters. The molecule has 0 aromatic rings. The molecule has 0 aliphatic rings. The largest absolute Gasteiger partial charge is 0.390 e. The minimum atomic E-state index is -0.960. The van der Waals surface area contributed by atoms with E-state index in [0.29, 0.717) is 0 Å². The Bertz CT molecular complexity index is 122. The Labute approximate surface area is 78.2 Å². The smallest absolute Gasteiger partial charge is 0.0640 e. The SMILES string of the molecule is CCC(O)(CC)CC[Si](C)(C)C. The van der Waals surface area contributed by atoms with E-state index >= 15 is 0 Å². The summed E-state index contributed by atoms with van der Waals surface area (Å²) in [5, 5.41) is 10.0. The van der Waals surface area contributed by atoms with Gasteiger partial charge in [-0.25, -0.2) is 0 Å². The topological polar surface area (TPSA) is 20.2 Å². The molecule has 0 amide bonds. The summed E-state index contributed by atoms with van der Waals surface area (Å²) in [6, 6.07) is 1.24. The summed E-state index contributed by atoms with van der Waals surface area (Å²) in [7, 11) is -0.960. The molecule has 0 spiro atoms. The van der Waals surface area contributed by atoms with Crippen LogP contribution in [-0.4, -0.2) is 18.8 Å². The molecule has 0 aliphatic carbocycles. The van der Waals surface area contributed by atoms with Gasteiger partial charge in [0.15, 0.2) is 0 Å². The summed E-state index contributed by atoms with van der Waals surface area (Å²) in [4.78, 5) is 0. The zero-order valence-electron chi connectivity index (χ0n) is 9.28. The second kappa shape index (κ2) is 4.42. The molecule has 0 bridgehead atoms. The van der Waals surface area contributed by atoms with Gasteiger partial charge in [-0.2, -0.15) is 0 Å². The molecule has 0 fully saturated rings. The van der Waals surface area contributed by atoms with Crippen LogP contribution in [0.2, 0.25) is 25.7 Å². The number of rotatable bonds is 5. The maximum atomic E-state index is 10.0. The highest BCUT2D eigenvalue weighted by molar-refractivity contribution is 6.76. The van der Waals surface area contributed by atoms with Crippen LogP contribution in [0.4, 0.5) is 0 Å². The molecular weight excluding hydrogens is 164 g/mol. The molecule has 1 nitrogen and oxygen atoms in total. The molecule has 0 atom stereocenters. The van der Waals surface area contributed by atoms with Crippen molar-refractivity contribution in [2.75, 3.05) is 0 Å². The van der Waals surface area contributed by atoms with Gasteiger partial charge in [-0.15, -0.1) is 0 Å². The molecule has 0 rings (SSSR count). The van der Waals surface area contributed by atoms with Crippen molar-refractivity contribution in [1.29, 1.82) is 0 Å². The lowest BCUT2D eigenvalue weighted by Crippen LogP contribution is -2.31. The molecule has 0 saturated carbocycles. The van der Waals surface area contributed by atoms with Gasteiger partial charge in [0.05, 0.1) is 5.60 Å². The lowest BCUT2D eigenvalue weighted by Gasteiger charge is -2.28. The van der Waals surface area contributed by atoms with Crippen LogP contribution in [0.15, 0.2) is 0 Å². The Morgan fingerprint density at radius 2 is 1.50 bits per heavy atom. The van der Waals surface area contributed by atoms with Gasteiger partial charge in [-0.1, -0.05) is 39.5 Å². The van der Waals surface area contributed by atoms with E-state index < -0.39 is 8.07 Å². The summed E-state index contributed by atoms with van der Waals surface area (Å²) < 4.78 is 0. The summed E-state index contributed by atoms with van der Waals surface area (Å²) in [5.41, 5.74) is -0.375. The van der Waals surface area contributed by atoms with E-state index in [1.165, 1.54) is 6.04 Å². The lowest BCUT2D eigenvalue weighted by molar-refractivity contribution is 0.0282. The summed E-state index contributed by atoms with van der Waals surface area (Å²) in [6.45, 7) is 11.2. The highest BCUT2D eigenvalue weighted by Gasteiger charge is 2.25. The van der Waals surface area contributed by atoms with Crippen molar-refractivity contribution in [1.82, 2.24) is 0 Å². The van der Waals surface area contributed by atoms with Crippen molar-refractivity contribution in [3.8, 4) is 0 Å². The van der Waals surface area contributed by atoms with Crippen LogP contribution >= 0.6 is 0 Å². The zero-order valence-corrected chi connectivity index (χ0v) is 10.3. The van der Waals surface area contributed by atoms with E-state index in [1.54, 1.807) is 0 Å². The zero-order chi connectivity index (χ0) is 9.83. The Balaban J connectivity index is 3.89. The van der Waals surface area contributed by atoms with Crippen molar-refractivity contribution in [2.24, 2.45) is 0 Å². The first kappa shape index (κ1) is 12.2. The van der Waals surface area contributed by atoms with Crippen molar-refractivity contribution in [2.45, 2.75) is 64.4 Å². The Kier molecular flexibility index (Phi) is 4.49. The van der Waals surface area contributed by atoms with Crippen LogP contribution in [0.3, 0.4) is 0 Å². The molecule has 0 saturated heterocycles. The average Bonchev–Trinajstić information content (AvgIpc) is 1.99. The number of hydrogen-bond acceptors (Lipinski definition) is 1. The standard InChI is InChI=1S/C10H24OSi/c1-6-10(11,7-2)8-9-12(3,4)5/h11H,6-9H2,1-5H3. The third-order valence-corrected chi connectivity index (χ3v) is 4.41. The van der Waals surface area contributed by atoms with E-state index in [9.17, 15) is 5.11 Å². The maximum Gasteiger partial charge on any atom is 0.0640 e. The second-order valence-corrected chi connectivity index (χ2v) is 10.6. The summed E-state index contributed by atoms with van der Waals surface area (Å²) >= 11 is 0. The fraction of sp³-hybridized carbons (Fsp3) is 1.00. The van der Waals surface area contributed by atoms with Gasteiger partial charge < -0.3 is 5.11 Å². The molecule has 74 valence electrons. The van der Waals surface area contributed by atoms with Crippen LogP contribution in [-0.2, 0) is 0 Å². The molecule has 0 heterocycles. The van der Waals surface area contributed by atoms with Crippen molar-refractivity contribution >= 4 is 8.07 Å². The molecule has 2 heteroatoms. The maximum absolute atomic E-state index is 10.0. The van der Waals surface area contributed by atoms with E-state index in [0.717, 1.165) is 19.3 Å². The van der Waals surface area contributed by atoms with E-state index in [1.807, 2.05) is 0 Å². The predicted molar refractivity (Wildman–Crippen MR) is 58.3 cm³/mol. The van der Waals surface area contributed by atoms with E-state index in [4.69, 9.17) is 0 Å². The molecule has 0 aromatic carbocycles. The first-order chi connectivity index (χ1) is 5.33. The Hall–Kier alpha value is 0.177. The summed E-state index contributed by atoms with van der Waals surface area (Å²) in [5.74, 6) is 0. The molecule has 0 aromatic heterocycles. The fourth-order valence-corrected chi connectivity index (χ4v) is 2.43. The monoisotopic (exact) mass is 188 g/mol. The number of aliphatic hydroxyl groups is 1.